The van der Waals surface area contributed by atoms with Crippen molar-refractivity contribution < 1.29 is 14.6 Å². The van der Waals surface area contributed by atoms with Crippen LogP contribution in [0.25, 0.3) is 11.3 Å². The fraction of sp³-hybridized carbons (Fsp3) is 0.393. The highest BCUT2D eigenvalue weighted by molar-refractivity contribution is 6.33. The Bertz CT molecular complexity index is 1240. The smallest absolute Gasteiger partial charge is 0.254 e. The first-order valence-corrected chi connectivity index (χ1v) is 13.1. The number of rotatable bonds is 9. The highest BCUT2D eigenvalue weighted by Crippen LogP contribution is 2.32. The number of fused-ring (bicyclic) bond motifs is 1. The number of benzene rings is 2. The van der Waals surface area contributed by atoms with E-state index in [0.717, 1.165) is 42.7 Å². The Morgan fingerprint density at radius 2 is 2.00 bits per heavy atom. The van der Waals surface area contributed by atoms with Crippen molar-refractivity contribution in [3.05, 3.63) is 76.4 Å². The predicted molar refractivity (Wildman–Crippen MR) is 144 cm³/mol. The predicted octanol–water partition coefficient (Wildman–Crippen LogP) is 4.01. The molecular weight excluding hydrogens is 490 g/mol. The maximum absolute atomic E-state index is 13.3. The topological polar surface area (TPSA) is 90.8 Å². The lowest BCUT2D eigenvalue weighted by Crippen LogP contribution is -2.36. The van der Waals surface area contributed by atoms with Crippen molar-refractivity contribution >= 4 is 23.5 Å². The van der Waals surface area contributed by atoms with E-state index in [9.17, 15) is 9.90 Å². The van der Waals surface area contributed by atoms with Gasteiger partial charge in [-0.05, 0) is 37.1 Å². The minimum absolute atomic E-state index is 0.00348. The average molecular weight is 522 g/mol. The number of anilines is 1. The molecule has 0 saturated carbocycles. The molecule has 0 radical (unpaired) electrons. The number of aliphatic hydroxyl groups excluding tert-OH is 1. The van der Waals surface area contributed by atoms with Crippen LogP contribution in [0.4, 0.5) is 5.95 Å². The maximum atomic E-state index is 13.3. The number of hydrogen-bond donors (Lipinski definition) is 2. The molecule has 5 rings (SSSR count). The molecule has 1 fully saturated rings. The van der Waals surface area contributed by atoms with Gasteiger partial charge in [-0.1, -0.05) is 54.1 Å². The number of carbonyl (C=O) groups excluding carboxylic acids is 1. The SMILES string of the molecule is CN(CCN1Cc2ccc(-c3nc(NC4CCOCC4)ncc3Cl)cc2C1=O)[C@H](CO)c1ccccc1. The van der Waals surface area contributed by atoms with Gasteiger partial charge in [-0.3, -0.25) is 9.69 Å². The number of halogens is 1. The van der Waals surface area contributed by atoms with E-state index in [2.05, 4.69) is 20.2 Å². The van der Waals surface area contributed by atoms with E-state index in [1.165, 1.54) is 0 Å². The van der Waals surface area contributed by atoms with Gasteiger partial charge in [0.05, 0.1) is 29.6 Å². The number of aromatic nitrogens is 2. The molecule has 194 valence electrons. The Morgan fingerprint density at radius 3 is 2.76 bits per heavy atom. The Labute approximate surface area is 222 Å². The van der Waals surface area contributed by atoms with Gasteiger partial charge in [-0.2, -0.15) is 0 Å². The van der Waals surface area contributed by atoms with Gasteiger partial charge in [0.25, 0.3) is 5.91 Å². The minimum Gasteiger partial charge on any atom is -0.394 e. The van der Waals surface area contributed by atoms with Crippen molar-refractivity contribution in [2.45, 2.75) is 31.5 Å². The number of nitrogens with one attached hydrogen (secondary N) is 1. The van der Waals surface area contributed by atoms with Crippen molar-refractivity contribution in [2.75, 3.05) is 45.3 Å². The summed E-state index contributed by atoms with van der Waals surface area (Å²) in [5.41, 5.74) is 4.12. The standard InChI is InChI=1S/C28H32ClN5O3/c1-33(25(18-35)19-5-3-2-4-6-19)11-12-34-17-21-8-7-20(15-23(21)27(34)36)26-24(29)16-30-28(32-26)31-22-9-13-37-14-10-22/h2-8,15-16,22,25,35H,9-14,17-18H2,1H3,(H,30,31,32)/t25-/m1/s1. The Balaban J connectivity index is 1.27. The fourth-order valence-electron chi connectivity index (χ4n) is 4.96. The van der Waals surface area contributed by atoms with Crippen molar-refractivity contribution in [3.63, 3.8) is 0 Å². The molecule has 9 heteroatoms. The minimum atomic E-state index is -0.114. The van der Waals surface area contributed by atoms with E-state index < -0.39 is 0 Å². The second-order valence-electron chi connectivity index (χ2n) is 9.61. The summed E-state index contributed by atoms with van der Waals surface area (Å²) in [6.45, 7) is 3.24. The van der Waals surface area contributed by atoms with Crippen molar-refractivity contribution in [1.29, 1.82) is 0 Å². The zero-order valence-corrected chi connectivity index (χ0v) is 21.7. The lowest BCUT2D eigenvalue weighted by Gasteiger charge is -2.28. The molecule has 3 heterocycles. The van der Waals surface area contributed by atoms with E-state index >= 15 is 0 Å². The zero-order valence-electron chi connectivity index (χ0n) is 20.9. The monoisotopic (exact) mass is 521 g/mol. The summed E-state index contributed by atoms with van der Waals surface area (Å²) in [7, 11) is 1.97. The molecule has 2 aliphatic heterocycles. The number of ether oxygens (including phenoxy) is 1. The summed E-state index contributed by atoms with van der Waals surface area (Å²) in [6.07, 6.45) is 3.42. The molecule has 3 aromatic rings. The van der Waals surface area contributed by atoms with E-state index in [4.69, 9.17) is 16.3 Å². The van der Waals surface area contributed by atoms with Gasteiger partial charge in [-0.15, -0.1) is 0 Å². The van der Waals surface area contributed by atoms with Crippen LogP contribution >= 0.6 is 11.6 Å². The van der Waals surface area contributed by atoms with Crippen LogP contribution in [-0.4, -0.2) is 76.8 Å². The van der Waals surface area contributed by atoms with Crippen LogP contribution in [-0.2, 0) is 11.3 Å². The van der Waals surface area contributed by atoms with Gasteiger partial charge in [-0.25, -0.2) is 9.97 Å². The van der Waals surface area contributed by atoms with Crippen LogP contribution in [0.15, 0.2) is 54.7 Å². The molecule has 37 heavy (non-hydrogen) atoms. The van der Waals surface area contributed by atoms with Crippen molar-refractivity contribution in [1.82, 2.24) is 19.8 Å². The van der Waals surface area contributed by atoms with Crippen LogP contribution in [0.2, 0.25) is 5.02 Å². The van der Waals surface area contributed by atoms with Gasteiger partial charge in [0.1, 0.15) is 0 Å². The second kappa shape index (κ2) is 11.6. The van der Waals surface area contributed by atoms with Gasteiger partial charge in [0.15, 0.2) is 0 Å². The highest BCUT2D eigenvalue weighted by Gasteiger charge is 2.29. The summed E-state index contributed by atoms with van der Waals surface area (Å²) < 4.78 is 5.43. The second-order valence-corrected chi connectivity index (χ2v) is 10.0. The van der Waals surface area contributed by atoms with E-state index in [0.29, 0.717) is 41.9 Å². The number of hydrogen-bond acceptors (Lipinski definition) is 7. The molecule has 1 aromatic heterocycles. The summed E-state index contributed by atoms with van der Waals surface area (Å²) in [4.78, 5) is 26.2. The molecule has 0 bridgehead atoms. The van der Waals surface area contributed by atoms with Crippen LogP contribution in [0.5, 0.6) is 0 Å². The van der Waals surface area contributed by atoms with E-state index in [1.54, 1.807) is 6.20 Å². The lowest BCUT2D eigenvalue weighted by atomic mass is 10.0. The maximum Gasteiger partial charge on any atom is 0.254 e. The zero-order chi connectivity index (χ0) is 25.8. The third kappa shape index (κ3) is 5.78. The highest BCUT2D eigenvalue weighted by atomic mass is 35.5. The van der Waals surface area contributed by atoms with Gasteiger partial charge >= 0.3 is 0 Å². The first-order chi connectivity index (χ1) is 18.0. The first kappa shape index (κ1) is 25.6. The fourth-order valence-corrected chi connectivity index (χ4v) is 5.16. The molecule has 0 unspecified atom stereocenters. The van der Waals surface area contributed by atoms with E-state index in [1.807, 2.05) is 60.5 Å². The molecule has 0 aliphatic carbocycles. The number of aliphatic hydroxyl groups is 1. The molecule has 1 saturated heterocycles. The largest absolute Gasteiger partial charge is 0.394 e. The summed E-state index contributed by atoms with van der Waals surface area (Å²) in [6, 6.07) is 15.9. The number of nitrogens with zero attached hydrogens (tertiary/aromatic N) is 4. The van der Waals surface area contributed by atoms with Gasteiger partial charge in [0, 0.05) is 50.0 Å². The normalized spacial score (nSPS) is 16.8. The van der Waals surface area contributed by atoms with Crippen molar-refractivity contribution in [2.24, 2.45) is 0 Å². The lowest BCUT2D eigenvalue weighted by molar-refractivity contribution is 0.0738. The van der Waals surface area contributed by atoms with Gasteiger partial charge < -0.3 is 20.1 Å². The number of likely N-dealkylation sites (N-methyl/N-ethyl adjacent to an activating group) is 1. The molecule has 2 N–H and O–H groups in total. The summed E-state index contributed by atoms with van der Waals surface area (Å²) >= 11 is 6.47. The Hall–Kier alpha value is -3.04. The van der Waals surface area contributed by atoms with Crippen LogP contribution in [0, 0.1) is 0 Å². The summed E-state index contributed by atoms with van der Waals surface area (Å²) in [5.74, 6) is 0.524. The third-order valence-corrected chi connectivity index (χ3v) is 7.45. The molecular formula is C28H32ClN5O3. The summed E-state index contributed by atoms with van der Waals surface area (Å²) in [5, 5.41) is 13.8. The molecule has 1 amide bonds. The average Bonchev–Trinajstić information content (AvgIpc) is 3.25. The number of amides is 1. The Morgan fingerprint density at radius 1 is 1.22 bits per heavy atom. The quantitative estimate of drug-likeness (QED) is 0.439. The van der Waals surface area contributed by atoms with Crippen LogP contribution in [0.1, 0.15) is 40.4 Å². The molecule has 2 aromatic carbocycles. The van der Waals surface area contributed by atoms with Crippen molar-refractivity contribution in [3.8, 4) is 11.3 Å². The third-order valence-electron chi connectivity index (χ3n) is 7.17. The van der Waals surface area contributed by atoms with E-state index in [-0.39, 0.29) is 24.6 Å². The molecule has 8 nitrogen and oxygen atoms in total. The van der Waals surface area contributed by atoms with Crippen LogP contribution < -0.4 is 5.32 Å². The van der Waals surface area contributed by atoms with Gasteiger partial charge in [0.2, 0.25) is 5.95 Å². The Kier molecular flexibility index (Phi) is 8.00. The number of carbonyl (C=O) groups is 1. The molecule has 0 spiro atoms. The molecule has 2 aliphatic rings. The van der Waals surface area contributed by atoms with Crippen LogP contribution in [0.3, 0.4) is 0 Å². The molecule has 1 atom stereocenters. The first-order valence-electron chi connectivity index (χ1n) is 12.7.